The van der Waals surface area contributed by atoms with Crippen LogP contribution in [-0.2, 0) is 4.79 Å². The summed E-state index contributed by atoms with van der Waals surface area (Å²) in [6.45, 7) is 3.69. The number of benzene rings is 1. The molecule has 1 aliphatic rings. The maximum atomic E-state index is 11.3. The molecule has 28 heavy (non-hydrogen) atoms. The number of fused-ring (bicyclic) bond motifs is 3. The van der Waals surface area contributed by atoms with Crippen molar-refractivity contribution in [3.8, 4) is 5.88 Å². The Hall–Kier alpha value is -3.40. The Bertz CT molecular complexity index is 1060. The minimum Gasteiger partial charge on any atom is -0.480 e. The van der Waals surface area contributed by atoms with E-state index in [1.165, 1.54) is 10.8 Å². The fourth-order valence-electron chi connectivity index (χ4n) is 3.27. The molecule has 3 heterocycles. The minimum atomic E-state index is -1.30. The molecule has 0 saturated carbocycles. The van der Waals surface area contributed by atoms with Gasteiger partial charge in [0.05, 0.1) is 6.54 Å². The van der Waals surface area contributed by atoms with Crippen LogP contribution in [0.3, 0.4) is 0 Å². The number of ether oxygens (including phenoxy) is 1. The summed E-state index contributed by atoms with van der Waals surface area (Å²) in [6.07, 6.45) is 1.21. The van der Waals surface area contributed by atoms with Gasteiger partial charge in [0.25, 0.3) is 0 Å². The van der Waals surface area contributed by atoms with E-state index in [1.807, 2.05) is 18.2 Å². The quantitative estimate of drug-likeness (QED) is 0.673. The van der Waals surface area contributed by atoms with Crippen molar-refractivity contribution in [2.45, 2.75) is 18.6 Å². The fraction of sp³-hybridized carbons (Fsp3) is 0.235. The molecule has 0 bridgehead atoms. The van der Waals surface area contributed by atoms with Crippen molar-refractivity contribution in [2.24, 2.45) is 0 Å². The van der Waals surface area contributed by atoms with E-state index in [0.717, 1.165) is 15.8 Å². The normalized spacial score (nSPS) is 18.8. The van der Waals surface area contributed by atoms with Crippen LogP contribution in [0.4, 0.5) is 4.79 Å². The molecule has 0 radical (unpaired) electrons. The van der Waals surface area contributed by atoms with Gasteiger partial charge in [-0.1, -0.05) is 18.7 Å². The van der Waals surface area contributed by atoms with Crippen molar-refractivity contribution in [2.75, 3.05) is 6.54 Å². The van der Waals surface area contributed by atoms with E-state index in [2.05, 4.69) is 21.9 Å². The van der Waals surface area contributed by atoms with Crippen molar-refractivity contribution < 1.29 is 24.5 Å². The lowest BCUT2D eigenvalue weighted by Gasteiger charge is -2.17. The molecular weight excluding hydrogens is 390 g/mol. The lowest BCUT2D eigenvalue weighted by atomic mass is 10.1. The van der Waals surface area contributed by atoms with E-state index in [0.29, 0.717) is 11.0 Å². The number of hydrogen-bond donors (Lipinski definition) is 2. The summed E-state index contributed by atoms with van der Waals surface area (Å²) in [6, 6.07) is 4.40. The Balaban J connectivity index is 0.00000225. The Labute approximate surface area is 164 Å². The molecule has 4 rings (SSSR count). The van der Waals surface area contributed by atoms with Crippen LogP contribution < -0.4 is 4.74 Å². The van der Waals surface area contributed by atoms with Crippen LogP contribution in [0.1, 0.15) is 12.0 Å². The zero-order valence-corrected chi connectivity index (χ0v) is 15.2. The first-order valence-corrected chi connectivity index (χ1v) is 8.13. The minimum absolute atomic E-state index is 0. The van der Waals surface area contributed by atoms with Crippen molar-refractivity contribution in [1.29, 1.82) is 0 Å². The number of carboxylic acid groups (broad SMARTS) is 2. The van der Waals surface area contributed by atoms with Crippen molar-refractivity contribution in [3.05, 3.63) is 36.7 Å². The molecule has 1 fully saturated rings. The average Bonchev–Trinajstić information content (AvgIpc) is 3.28. The van der Waals surface area contributed by atoms with E-state index in [9.17, 15) is 19.8 Å². The molecule has 0 spiro atoms. The van der Waals surface area contributed by atoms with Crippen LogP contribution in [0.2, 0.25) is 0 Å². The molecule has 1 aromatic carbocycles. The van der Waals surface area contributed by atoms with Crippen molar-refractivity contribution in [1.82, 2.24) is 24.7 Å². The van der Waals surface area contributed by atoms with Gasteiger partial charge in [0.2, 0.25) is 5.88 Å². The second-order valence-electron chi connectivity index (χ2n) is 6.18. The first-order chi connectivity index (χ1) is 13.0. The van der Waals surface area contributed by atoms with Gasteiger partial charge in [0.1, 0.15) is 18.5 Å². The summed E-state index contributed by atoms with van der Waals surface area (Å²) in [5, 5.41) is 32.2. The standard InChI is InChI=1S/C17H15N5O5.ClH/c1-2-9-3-4-11-12(5-9)15(20-22-8-18-19-14(11)22)27-10-6-13(16(23)24)21(7-10)17(25)26;/h2-5,8,10,13H,1,6-7H2,(H,23,24)(H,25,26);1H/t10-,13+;/m1./s1. The van der Waals surface area contributed by atoms with Crippen molar-refractivity contribution >= 4 is 47.0 Å². The third-order valence-corrected chi connectivity index (χ3v) is 4.55. The monoisotopic (exact) mass is 405 g/mol. The summed E-state index contributed by atoms with van der Waals surface area (Å²) < 4.78 is 7.40. The third-order valence-electron chi connectivity index (χ3n) is 4.55. The highest BCUT2D eigenvalue weighted by molar-refractivity contribution is 5.97. The second-order valence-corrected chi connectivity index (χ2v) is 6.18. The molecule has 11 heteroatoms. The lowest BCUT2D eigenvalue weighted by Crippen LogP contribution is -2.39. The maximum Gasteiger partial charge on any atom is 0.408 e. The second kappa shape index (κ2) is 7.31. The summed E-state index contributed by atoms with van der Waals surface area (Å²) in [5.41, 5.74) is 1.40. The van der Waals surface area contributed by atoms with Gasteiger partial charge in [-0.05, 0) is 17.7 Å². The third kappa shape index (κ3) is 3.18. The van der Waals surface area contributed by atoms with Crippen LogP contribution in [0.5, 0.6) is 5.88 Å². The SMILES string of the molecule is C=Cc1ccc2c(c1)c(O[C@@H]1C[C@@H](C(=O)O)N(C(=O)O)C1)nn1cnnc21.Cl. The number of aromatic nitrogens is 4. The molecule has 2 atom stereocenters. The Morgan fingerprint density at radius 2 is 2.07 bits per heavy atom. The Kier molecular flexibility index (Phi) is 5.06. The van der Waals surface area contributed by atoms with Gasteiger partial charge in [-0.15, -0.1) is 27.7 Å². The number of carboxylic acids is 1. The number of amides is 1. The van der Waals surface area contributed by atoms with Gasteiger partial charge in [-0.25, -0.2) is 9.59 Å². The predicted molar refractivity (Wildman–Crippen MR) is 101 cm³/mol. The highest BCUT2D eigenvalue weighted by Crippen LogP contribution is 2.30. The maximum absolute atomic E-state index is 11.3. The van der Waals surface area contributed by atoms with E-state index in [-0.39, 0.29) is 31.3 Å². The highest BCUT2D eigenvalue weighted by atomic mass is 35.5. The molecule has 1 amide bonds. The molecule has 1 aliphatic heterocycles. The Morgan fingerprint density at radius 3 is 2.71 bits per heavy atom. The highest BCUT2D eigenvalue weighted by Gasteiger charge is 2.41. The van der Waals surface area contributed by atoms with Gasteiger partial charge < -0.3 is 14.9 Å². The van der Waals surface area contributed by atoms with Crippen LogP contribution in [-0.4, -0.2) is 65.7 Å². The first kappa shape index (κ1) is 19.4. The van der Waals surface area contributed by atoms with Crippen molar-refractivity contribution in [3.63, 3.8) is 0 Å². The number of hydrogen-bond acceptors (Lipinski definition) is 6. The van der Waals surface area contributed by atoms with Gasteiger partial charge in [-0.3, -0.25) is 4.90 Å². The molecule has 0 unspecified atom stereocenters. The number of carbonyl (C=O) groups is 2. The largest absolute Gasteiger partial charge is 0.480 e. The van der Waals surface area contributed by atoms with E-state index >= 15 is 0 Å². The number of halogens is 1. The number of nitrogens with zero attached hydrogens (tertiary/aromatic N) is 5. The van der Waals surface area contributed by atoms with Crippen LogP contribution in [0, 0.1) is 0 Å². The fourth-order valence-corrected chi connectivity index (χ4v) is 3.27. The summed E-state index contributed by atoms with van der Waals surface area (Å²) >= 11 is 0. The molecular formula is C17H16ClN5O5. The molecule has 2 aromatic heterocycles. The molecule has 146 valence electrons. The molecule has 1 saturated heterocycles. The first-order valence-electron chi connectivity index (χ1n) is 8.13. The summed E-state index contributed by atoms with van der Waals surface area (Å²) in [5.74, 6) is -0.952. The topological polar surface area (TPSA) is 130 Å². The Morgan fingerprint density at radius 1 is 1.29 bits per heavy atom. The lowest BCUT2D eigenvalue weighted by molar-refractivity contribution is -0.141. The number of aliphatic carboxylic acids is 1. The van der Waals surface area contributed by atoms with E-state index in [4.69, 9.17) is 4.74 Å². The molecule has 10 nitrogen and oxygen atoms in total. The van der Waals surface area contributed by atoms with Gasteiger partial charge in [0.15, 0.2) is 5.65 Å². The van der Waals surface area contributed by atoms with Crippen LogP contribution in [0.25, 0.3) is 22.5 Å². The van der Waals surface area contributed by atoms with Crippen LogP contribution >= 0.6 is 12.4 Å². The smallest absolute Gasteiger partial charge is 0.408 e. The van der Waals surface area contributed by atoms with Gasteiger partial charge >= 0.3 is 12.1 Å². The number of rotatable bonds is 4. The zero-order chi connectivity index (χ0) is 19.1. The zero-order valence-electron chi connectivity index (χ0n) is 14.4. The summed E-state index contributed by atoms with van der Waals surface area (Å²) in [4.78, 5) is 23.5. The predicted octanol–water partition coefficient (Wildman–Crippen LogP) is 1.93. The van der Waals surface area contributed by atoms with E-state index < -0.39 is 24.2 Å². The number of likely N-dealkylation sites (tertiary alicyclic amines) is 1. The molecule has 2 N–H and O–H groups in total. The average molecular weight is 406 g/mol. The summed E-state index contributed by atoms with van der Waals surface area (Å²) in [7, 11) is 0. The van der Waals surface area contributed by atoms with Crippen LogP contribution in [0.15, 0.2) is 31.1 Å². The van der Waals surface area contributed by atoms with Gasteiger partial charge in [-0.2, -0.15) is 4.52 Å². The molecule has 3 aromatic rings. The van der Waals surface area contributed by atoms with E-state index in [1.54, 1.807) is 6.08 Å². The van der Waals surface area contributed by atoms with Gasteiger partial charge in [0, 0.05) is 17.2 Å². The molecule has 0 aliphatic carbocycles.